The van der Waals surface area contributed by atoms with Crippen molar-refractivity contribution in [2.45, 2.75) is 24.5 Å². The molecule has 1 aromatic heterocycles. The Labute approximate surface area is 170 Å². The molecule has 0 fully saturated rings. The minimum Gasteiger partial charge on any atom is -0.373 e. The predicted molar refractivity (Wildman–Crippen MR) is 114 cm³/mol. The molecule has 5 nitrogen and oxygen atoms in total. The van der Waals surface area contributed by atoms with Gasteiger partial charge in [-0.25, -0.2) is 0 Å². The maximum absolute atomic E-state index is 12.7. The van der Waals surface area contributed by atoms with Gasteiger partial charge >= 0.3 is 0 Å². The lowest BCUT2D eigenvalue weighted by Crippen LogP contribution is -2.33. The van der Waals surface area contributed by atoms with Crippen molar-refractivity contribution >= 4 is 23.4 Å². The Morgan fingerprint density at radius 1 is 1.11 bits per heavy atom. The van der Waals surface area contributed by atoms with Crippen LogP contribution in [0.3, 0.4) is 0 Å². The summed E-state index contributed by atoms with van der Waals surface area (Å²) in [5, 5.41) is 7.03. The van der Waals surface area contributed by atoms with E-state index in [1.807, 2.05) is 63.4 Å². The van der Waals surface area contributed by atoms with Crippen molar-refractivity contribution in [1.29, 1.82) is 0 Å². The zero-order chi connectivity index (χ0) is 19.9. The van der Waals surface area contributed by atoms with Gasteiger partial charge in [-0.15, -0.1) is 11.8 Å². The number of carbonyl (C=O) groups excluding carboxylic acids is 1. The number of nitrogens with zero attached hydrogens (tertiary/aromatic N) is 2. The highest BCUT2D eigenvalue weighted by Crippen LogP contribution is 2.28. The molecule has 1 amide bonds. The average Bonchev–Trinajstić information content (AvgIpc) is 3.04. The van der Waals surface area contributed by atoms with Crippen molar-refractivity contribution in [3.05, 3.63) is 77.2 Å². The average molecular weight is 396 g/mol. The molecule has 0 atom stereocenters. The maximum atomic E-state index is 12.7. The molecular weight excluding hydrogens is 370 g/mol. The van der Waals surface area contributed by atoms with Crippen molar-refractivity contribution in [3.8, 4) is 0 Å². The number of aryl methyl sites for hydroxylation is 2. The lowest BCUT2D eigenvalue weighted by Gasteiger charge is -2.19. The summed E-state index contributed by atoms with van der Waals surface area (Å²) in [6.45, 7) is 5.17. The maximum Gasteiger partial charge on any atom is 0.252 e. The standard InChI is InChI=1S/C22H25N3O2S/c1-16-20(17(2)27-24-16)15-28-21-12-8-7-11-19(21)22(26)23-13-14-25(3)18-9-5-4-6-10-18/h4-12H,13-15H2,1-3H3,(H,23,26). The topological polar surface area (TPSA) is 58.4 Å². The van der Waals surface area contributed by atoms with Crippen LogP contribution in [0.5, 0.6) is 0 Å². The first kappa shape index (κ1) is 20.0. The van der Waals surface area contributed by atoms with E-state index < -0.39 is 0 Å². The second-order valence-electron chi connectivity index (χ2n) is 6.60. The Kier molecular flexibility index (Phi) is 6.76. The molecule has 146 valence electrons. The van der Waals surface area contributed by atoms with Crippen LogP contribution in [0.4, 0.5) is 5.69 Å². The van der Waals surface area contributed by atoms with Crippen molar-refractivity contribution < 1.29 is 9.32 Å². The fourth-order valence-corrected chi connectivity index (χ4v) is 4.08. The lowest BCUT2D eigenvalue weighted by molar-refractivity contribution is 0.0952. The van der Waals surface area contributed by atoms with Gasteiger partial charge in [0.1, 0.15) is 5.76 Å². The molecule has 0 radical (unpaired) electrons. The van der Waals surface area contributed by atoms with E-state index in [2.05, 4.69) is 27.5 Å². The van der Waals surface area contributed by atoms with Gasteiger partial charge in [0.25, 0.3) is 5.91 Å². The zero-order valence-electron chi connectivity index (χ0n) is 16.4. The van der Waals surface area contributed by atoms with E-state index in [1.165, 1.54) is 0 Å². The van der Waals surface area contributed by atoms with Crippen LogP contribution < -0.4 is 10.2 Å². The summed E-state index contributed by atoms with van der Waals surface area (Å²) in [6.07, 6.45) is 0. The fraction of sp³-hybridized carbons (Fsp3) is 0.273. The van der Waals surface area contributed by atoms with Gasteiger partial charge in [0.2, 0.25) is 0 Å². The number of aromatic nitrogens is 1. The Balaban J connectivity index is 1.58. The minimum atomic E-state index is -0.0525. The molecule has 0 unspecified atom stereocenters. The highest BCUT2D eigenvalue weighted by molar-refractivity contribution is 7.98. The minimum absolute atomic E-state index is 0.0525. The summed E-state index contributed by atoms with van der Waals surface area (Å²) in [5.74, 6) is 1.50. The van der Waals surface area contributed by atoms with Crippen molar-refractivity contribution in [3.63, 3.8) is 0 Å². The summed E-state index contributed by atoms with van der Waals surface area (Å²) in [7, 11) is 2.02. The monoisotopic (exact) mass is 395 g/mol. The molecule has 3 rings (SSSR count). The van der Waals surface area contributed by atoms with Crippen LogP contribution in [0.2, 0.25) is 0 Å². The van der Waals surface area contributed by atoms with Gasteiger partial charge < -0.3 is 14.7 Å². The molecule has 0 aliphatic heterocycles. The molecular formula is C22H25N3O2S. The molecule has 0 spiro atoms. The summed E-state index contributed by atoms with van der Waals surface area (Å²) < 4.78 is 5.23. The molecule has 0 bridgehead atoms. The molecule has 2 aromatic carbocycles. The van der Waals surface area contributed by atoms with Gasteiger partial charge in [-0.1, -0.05) is 35.5 Å². The van der Waals surface area contributed by atoms with E-state index in [-0.39, 0.29) is 5.91 Å². The Morgan fingerprint density at radius 3 is 2.54 bits per heavy atom. The van der Waals surface area contributed by atoms with Crippen LogP contribution in [0.25, 0.3) is 0 Å². The number of thioether (sulfide) groups is 1. The predicted octanol–water partition coefficient (Wildman–Crippen LogP) is 4.45. The van der Waals surface area contributed by atoms with Crippen molar-refractivity contribution in [2.24, 2.45) is 0 Å². The number of amides is 1. The molecule has 28 heavy (non-hydrogen) atoms. The third-order valence-electron chi connectivity index (χ3n) is 4.61. The third kappa shape index (κ3) is 4.95. The number of hydrogen-bond acceptors (Lipinski definition) is 5. The summed E-state index contributed by atoms with van der Waals surface area (Å²) >= 11 is 1.63. The van der Waals surface area contributed by atoms with Crippen LogP contribution >= 0.6 is 11.8 Å². The first-order valence-electron chi connectivity index (χ1n) is 9.24. The molecule has 1 N–H and O–H groups in total. The van der Waals surface area contributed by atoms with Crippen LogP contribution in [-0.4, -0.2) is 31.2 Å². The molecule has 0 saturated heterocycles. The molecule has 3 aromatic rings. The van der Waals surface area contributed by atoms with Crippen molar-refractivity contribution in [1.82, 2.24) is 10.5 Å². The Bertz CT molecular complexity index is 905. The van der Waals surface area contributed by atoms with Gasteiger partial charge in [0.05, 0.1) is 11.3 Å². The molecule has 0 aliphatic carbocycles. The second-order valence-corrected chi connectivity index (χ2v) is 7.62. The molecule has 1 heterocycles. The Hall–Kier alpha value is -2.73. The van der Waals surface area contributed by atoms with Gasteiger partial charge in [-0.2, -0.15) is 0 Å². The lowest BCUT2D eigenvalue weighted by atomic mass is 10.2. The first-order chi connectivity index (χ1) is 13.6. The van der Waals surface area contributed by atoms with E-state index >= 15 is 0 Å². The molecule has 0 aliphatic rings. The highest BCUT2D eigenvalue weighted by Gasteiger charge is 2.14. The number of para-hydroxylation sites is 1. The summed E-state index contributed by atoms with van der Waals surface area (Å²) in [5.41, 5.74) is 3.81. The van der Waals surface area contributed by atoms with Gasteiger partial charge in [0.15, 0.2) is 0 Å². The van der Waals surface area contributed by atoms with E-state index in [9.17, 15) is 4.79 Å². The molecule has 6 heteroatoms. The van der Waals surface area contributed by atoms with Gasteiger partial charge in [-0.3, -0.25) is 4.79 Å². The van der Waals surface area contributed by atoms with Crippen molar-refractivity contribution in [2.75, 3.05) is 25.0 Å². The van der Waals surface area contributed by atoms with E-state index in [0.717, 1.165) is 39.9 Å². The first-order valence-corrected chi connectivity index (χ1v) is 10.2. The number of nitrogens with one attached hydrogen (secondary N) is 1. The number of rotatable bonds is 8. The third-order valence-corrected chi connectivity index (χ3v) is 5.71. The fourth-order valence-electron chi connectivity index (χ4n) is 2.88. The smallest absolute Gasteiger partial charge is 0.252 e. The SMILES string of the molecule is Cc1noc(C)c1CSc1ccccc1C(=O)NCCN(C)c1ccccc1. The summed E-state index contributed by atoms with van der Waals surface area (Å²) in [4.78, 5) is 15.8. The van der Waals surface area contributed by atoms with Gasteiger partial charge in [-0.05, 0) is 38.1 Å². The van der Waals surface area contributed by atoms with Gasteiger partial charge in [0, 0.05) is 42.0 Å². The van der Waals surface area contributed by atoms with Crippen LogP contribution in [0, 0.1) is 13.8 Å². The number of benzene rings is 2. The van der Waals surface area contributed by atoms with Crippen LogP contribution in [0.15, 0.2) is 64.0 Å². The highest BCUT2D eigenvalue weighted by atomic mass is 32.2. The largest absolute Gasteiger partial charge is 0.373 e. The number of hydrogen-bond donors (Lipinski definition) is 1. The number of anilines is 1. The van der Waals surface area contributed by atoms with Crippen LogP contribution in [0.1, 0.15) is 27.4 Å². The normalized spacial score (nSPS) is 10.7. The van der Waals surface area contributed by atoms with E-state index in [4.69, 9.17) is 4.52 Å². The summed E-state index contributed by atoms with van der Waals surface area (Å²) in [6, 6.07) is 17.8. The van der Waals surface area contributed by atoms with Crippen LogP contribution in [-0.2, 0) is 5.75 Å². The quantitative estimate of drug-likeness (QED) is 0.571. The number of carbonyl (C=O) groups is 1. The molecule has 0 saturated carbocycles. The van der Waals surface area contributed by atoms with E-state index in [0.29, 0.717) is 12.1 Å². The second kappa shape index (κ2) is 9.46. The van der Waals surface area contributed by atoms with E-state index in [1.54, 1.807) is 11.8 Å². The number of likely N-dealkylation sites (N-methyl/N-ethyl adjacent to an activating group) is 1. The Morgan fingerprint density at radius 2 is 1.82 bits per heavy atom. The zero-order valence-corrected chi connectivity index (χ0v) is 17.3.